The summed E-state index contributed by atoms with van der Waals surface area (Å²) in [5, 5.41) is 9.21. The number of carboxylic acid groups (broad SMARTS) is 1. The largest absolute Gasteiger partial charge is 0.494 e. The maximum Gasteiger partial charge on any atom is 0.336 e. The van der Waals surface area contributed by atoms with E-state index in [4.69, 9.17) is 4.74 Å². The fourth-order valence-electron chi connectivity index (χ4n) is 2.94. The van der Waals surface area contributed by atoms with Crippen LogP contribution in [-0.4, -0.2) is 28.4 Å². The SMILES string of the molecule is Cl.O=C(O)c1ccccc1SCCCCOc1ccc(CCc2ccncc2)cc1. The Morgan fingerprint density at radius 1 is 0.900 bits per heavy atom. The van der Waals surface area contributed by atoms with Crippen molar-refractivity contribution in [3.63, 3.8) is 0 Å². The van der Waals surface area contributed by atoms with Gasteiger partial charge >= 0.3 is 5.97 Å². The van der Waals surface area contributed by atoms with E-state index >= 15 is 0 Å². The zero-order valence-corrected chi connectivity index (χ0v) is 18.3. The highest BCUT2D eigenvalue weighted by atomic mass is 35.5. The number of halogens is 1. The number of ether oxygens (including phenoxy) is 1. The van der Waals surface area contributed by atoms with E-state index in [1.807, 2.05) is 36.7 Å². The van der Waals surface area contributed by atoms with E-state index in [1.54, 1.807) is 23.9 Å². The van der Waals surface area contributed by atoms with Crippen molar-refractivity contribution in [2.75, 3.05) is 12.4 Å². The predicted molar refractivity (Wildman–Crippen MR) is 124 cm³/mol. The summed E-state index contributed by atoms with van der Waals surface area (Å²) < 4.78 is 5.83. The van der Waals surface area contributed by atoms with E-state index in [-0.39, 0.29) is 12.4 Å². The summed E-state index contributed by atoms with van der Waals surface area (Å²) in [6, 6.07) is 19.5. The van der Waals surface area contributed by atoms with Crippen molar-refractivity contribution < 1.29 is 14.6 Å². The second kappa shape index (κ2) is 12.9. The maximum absolute atomic E-state index is 11.2. The first kappa shape index (κ1) is 23.8. The first-order valence-corrected chi connectivity index (χ1v) is 10.8. The van der Waals surface area contributed by atoms with Gasteiger partial charge in [-0.25, -0.2) is 4.79 Å². The zero-order valence-electron chi connectivity index (χ0n) is 16.7. The van der Waals surface area contributed by atoms with Crippen molar-refractivity contribution in [2.45, 2.75) is 30.6 Å². The first-order chi connectivity index (χ1) is 14.2. The van der Waals surface area contributed by atoms with Crippen LogP contribution in [-0.2, 0) is 12.8 Å². The number of nitrogens with zero attached hydrogens (tertiary/aromatic N) is 1. The minimum Gasteiger partial charge on any atom is -0.494 e. The molecule has 4 nitrogen and oxygen atoms in total. The molecule has 0 aliphatic heterocycles. The van der Waals surface area contributed by atoms with E-state index in [2.05, 4.69) is 29.2 Å². The molecule has 3 aromatic rings. The second-order valence-electron chi connectivity index (χ2n) is 6.70. The summed E-state index contributed by atoms with van der Waals surface area (Å²) in [4.78, 5) is 16.1. The number of benzene rings is 2. The Kier molecular flexibility index (Phi) is 10.3. The van der Waals surface area contributed by atoms with Crippen molar-refractivity contribution >= 4 is 30.1 Å². The minimum absolute atomic E-state index is 0. The molecule has 0 spiro atoms. The lowest BCUT2D eigenvalue weighted by molar-refractivity contribution is 0.0693. The molecule has 1 aromatic heterocycles. The van der Waals surface area contributed by atoms with Gasteiger partial charge in [-0.15, -0.1) is 24.2 Å². The Bertz CT molecular complexity index is 904. The van der Waals surface area contributed by atoms with Gasteiger partial charge in [0.1, 0.15) is 5.75 Å². The van der Waals surface area contributed by atoms with Crippen molar-refractivity contribution in [3.8, 4) is 5.75 Å². The highest BCUT2D eigenvalue weighted by Crippen LogP contribution is 2.23. The lowest BCUT2D eigenvalue weighted by atomic mass is 10.1. The van der Waals surface area contributed by atoms with Crippen LogP contribution in [0.5, 0.6) is 5.75 Å². The van der Waals surface area contributed by atoms with Gasteiger partial charge in [0.25, 0.3) is 0 Å². The smallest absolute Gasteiger partial charge is 0.336 e. The molecular weight excluding hydrogens is 418 g/mol. The molecule has 0 bridgehead atoms. The Labute approximate surface area is 188 Å². The normalized spacial score (nSPS) is 10.3. The molecule has 6 heteroatoms. The summed E-state index contributed by atoms with van der Waals surface area (Å²) in [7, 11) is 0. The fourth-order valence-corrected chi connectivity index (χ4v) is 3.99. The Balaban J connectivity index is 0.00000320. The Morgan fingerprint density at radius 3 is 2.27 bits per heavy atom. The van der Waals surface area contributed by atoms with Crippen LogP contribution in [0.4, 0.5) is 0 Å². The molecule has 3 rings (SSSR count). The van der Waals surface area contributed by atoms with Crippen LogP contribution < -0.4 is 4.74 Å². The second-order valence-corrected chi connectivity index (χ2v) is 7.84. The number of aromatic nitrogens is 1. The van der Waals surface area contributed by atoms with E-state index in [9.17, 15) is 9.90 Å². The average molecular weight is 444 g/mol. The fraction of sp³-hybridized carbons (Fsp3) is 0.250. The Morgan fingerprint density at radius 2 is 1.57 bits per heavy atom. The van der Waals surface area contributed by atoms with Crippen LogP contribution in [0.1, 0.15) is 34.3 Å². The maximum atomic E-state index is 11.2. The van der Waals surface area contributed by atoms with Gasteiger partial charge in [0.15, 0.2) is 0 Å². The van der Waals surface area contributed by atoms with Gasteiger partial charge in [0.05, 0.1) is 12.2 Å². The molecule has 0 saturated carbocycles. The number of hydrogen-bond acceptors (Lipinski definition) is 4. The van der Waals surface area contributed by atoms with Crippen molar-refractivity contribution in [2.24, 2.45) is 0 Å². The predicted octanol–water partition coefficient (Wildman–Crippen LogP) is 5.94. The molecule has 2 aromatic carbocycles. The van der Waals surface area contributed by atoms with E-state index in [1.165, 1.54) is 11.1 Å². The number of unbranched alkanes of at least 4 members (excludes halogenated alkanes) is 1. The van der Waals surface area contributed by atoms with Crippen LogP contribution in [0.3, 0.4) is 0 Å². The number of carboxylic acids is 1. The Hall–Kier alpha value is -2.50. The van der Waals surface area contributed by atoms with Crippen LogP contribution >= 0.6 is 24.2 Å². The highest BCUT2D eigenvalue weighted by molar-refractivity contribution is 7.99. The summed E-state index contributed by atoms with van der Waals surface area (Å²) >= 11 is 1.59. The minimum atomic E-state index is -0.874. The van der Waals surface area contributed by atoms with Gasteiger partial charge in [-0.3, -0.25) is 4.98 Å². The first-order valence-electron chi connectivity index (χ1n) is 9.78. The molecule has 0 fully saturated rings. The third kappa shape index (κ3) is 7.73. The molecule has 0 aliphatic rings. The van der Waals surface area contributed by atoms with Gasteiger partial charge in [-0.2, -0.15) is 0 Å². The number of aromatic carboxylic acids is 1. The van der Waals surface area contributed by atoms with Crippen LogP contribution in [0, 0.1) is 0 Å². The monoisotopic (exact) mass is 443 g/mol. The molecule has 0 aliphatic carbocycles. The van der Waals surface area contributed by atoms with Gasteiger partial charge < -0.3 is 9.84 Å². The molecule has 30 heavy (non-hydrogen) atoms. The lowest BCUT2D eigenvalue weighted by Crippen LogP contribution is -2.00. The van der Waals surface area contributed by atoms with E-state index in [0.29, 0.717) is 12.2 Å². The summed E-state index contributed by atoms with van der Waals surface area (Å²) in [5.41, 5.74) is 2.96. The third-order valence-electron chi connectivity index (χ3n) is 4.56. The standard InChI is InChI=1S/C24H25NO3S.ClH/c26-24(27)22-5-1-2-6-23(22)29-18-4-3-17-28-21-11-9-19(10-12-21)7-8-20-13-15-25-16-14-20;/h1-2,5-6,9-16H,3-4,7-8,17-18H2,(H,26,27);1H. The van der Waals surface area contributed by atoms with Gasteiger partial charge in [0, 0.05) is 17.3 Å². The summed E-state index contributed by atoms with van der Waals surface area (Å²) in [5.74, 6) is 0.893. The quantitative estimate of drug-likeness (QED) is 0.293. The summed E-state index contributed by atoms with van der Waals surface area (Å²) in [6.45, 7) is 0.664. The molecule has 0 unspecified atom stereocenters. The number of hydrogen-bond donors (Lipinski definition) is 1. The van der Waals surface area contributed by atoms with E-state index < -0.39 is 5.97 Å². The molecular formula is C24H26ClNO3S. The summed E-state index contributed by atoms with van der Waals surface area (Å²) in [6.07, 6.45) is 7.57. The van der Waals surface area contributed by atoms with Crippen molar-refractivity contribution in [3.05, 3.63) is 89.7 Å². The van der Waals surface area contributed by atoms with E-state index in [0.717, 1.165) is 42.1 Å². The van der Waals surface area contributed by atoms with Gasteiger partial charge in [0.2, 0.25) is 0 Å². The van der Waals surface area contributed by atoms with Crippen LogP contribution in [0.2, 0.25) is 0 Å². The number of aryl methyl sites for hydroxylation is 2. The molecule has 1 heterocycles. The van der Waals surface area contributed by atoms with Gasteiger partial charge in [-0.1, -0.05) is 24.3 Å². The highest BCUT2D eigenvalue weighted by Gasteiger charge is 2.08. The number of pyridine rings is 1. The zero-order chi connectivity index (χ0) is 20.3. The van der Waals surface area contributed by atoms with Crippen molar-refractivity contribution in [1.29, 1.82) is 0 Å². The topological polar surface area (TPSA) is 59.4 Å². The molecule has 0 atom stereocenters. The number of carbonyl (C=O) groups is 1. The molecule has 0 amide bonds. The average Bonchev–Trinajstić information content (AvgIpc) is 2.76. The van der Waals surface area contributed by atoms with Crippen LogP contribution in [0.25, 0.3) is 0 Å². The number of rotatable bonds is 11. The molecule has 0 saturated heterocycles. The van der Waals surface area contributed by atoms with Crippen molar-refractivity contribution in [1.82, 2.24) is 4.98 Å². The van der Waals surface area contributed by atoms with Crippen LogP contribution in [0.15, 0.2) is 78.0 Å². The third-order valence-corrected chi connectivity index (χ3v) is 5.72. The number of thioether (sulfide) groups is 1. The van der Waals surface area contributed by atoms with Gasteiger partial charge in [-0.05, 0) is 79.0 Å². The lowest BCUT2D eigenvalue weighted by Gasteiger charge is -2.08. The molecule has 0 radical (unpaired) electrons. The molecule has 1 N–H and O–H groups in total. The molecule has 158 valence electrons.